The summed E-state index contributed by atoms with van der Waals surface area (Å²) in [5.74, 6) is 0.286. The molecule has 6 rings (SSSR count). The molecule has 4 heterocycles. The largest absolute Gasteiger partial charge is 0.381 e. The molecule has 1 atom stereocenters. The zero-order valence-corrected chi connectivity index (χ0v) is 22.3. The number of sulfone groups is 1. The highest BCUT2D eigenvalue weighted by Gasteiger charge is 2.33. The number of fused-ring (bicyclic) bond motifs is 3. The van der Waals surface area contributed by atoms with Crippen LogP contribution in [0.2, 0.25) is 0 Å². The van der Waals surface area contributed by atoms with E-state index < -0.39 is 15.7 Å². The summed E-state index contributed by atoms with van der Waals surface area (Å²) in [5, 5.41) is 4.30. The van der Waals surface area contributed by atoms with Crippen molar-refractivity contribution < 1.29 is 22.1 Å². The fourth-order valence-corrected chi connectivity index (χ4v) is 6.76. The van der Waals surface area contributed by atoms with Crippen LogP contribution in [0.3, 0.4) is 0 Å². The maximum absolute atomic E-state index is 15.6. The summed E-state index contributed by atoms with van der Waals surface area (Å²) in [6, 6.07) is 14.3. The van der Waals surface area contributed by atoms with Crippen LogP contribution in [0.1, 0.15) is 35.9 Å². The molecule has 1 aliphatic rings. The fourth-order valence-electron chi connectivity index (χ4n) is 5.90. The van der Waals surface area contributed by atoms with E-state index in [0.29, 0.717) is 35.5 Å². The third kappa shape index (κ3) is 4.01. The van der Waals surface area contributed by atoms with Gasteiger partial charge in [-0.3, -0.25) is 4.98 Å². The van der Waals surface area contributed by atoms with Crippen LogP contribution in [0.25, 0.3) is 33.1 Å². The summed E-state index contributed by atoms with van der Waals surface area (Å²) in [6.45, 7) is 4.93. The lowest BCUT2D eigenvalue weighted by molar-refractivity contribution is 0.0552. The molecule has 7 nitrogen and oxygen atoms in total. The second-order valence-corrected chi connectivity index (χ2v) is 12.0. The molecular formula is C29H28FN3O4S. The number of hydrogen-bond donors (Lipinski definition) is 0. The van der Waals surface area contributed by atoms with E-state index in [1.165, 1.54) is 12.1 Å². The van der Waals surface area contributed by atoms with Crippen LogP contribution in [0.15, 0.2) is 64.1 Å². The van der Waals surface area contributed by atoms with Crippen molar-refractivity contribution in [2.45, 2.75) is 37.6 Å². The topological polar surface area (TPSA) is 87.2 Å². The number of rotatable bonds is 5. The molecular weight excluding hydrogens is 505 g/mol. The van der Waals surface area contributed by atoms with Gasteiger partial charge >= 0.3 is 0 Å². The Kier molecular flexibility index (Phi) is 6.07. The van der Waals surface area contributed by atoms with Crippen LogP contribution in [-0.2, 0) is 14.6 Å². The molecule has 38 heavy (non-hydrogen) atoms. The number of aryl methyl sites for hydroxylation is 2. The highest BCUT2D eigenvalue weighted by Crippen LogP contribution is 2.43. The van der Waals surface area contributed by atoms with Gasteiger partial charge in [-0.2, -0.15) is 0 Å². The summed E-state index contributed by atoms with van der Waals surface area (Å²) in [5.41, 5.74) is 4.76. The lowest BCUT2D eigenvalue weighted by Gasteiger charge is -2.33. The second kappa shape index (κ2) is 9.32. The third-order valence-electron chi connectivity index (χ3n) is 7.55. The predicted molar refractivity (Wildman–Crippen MR) is 143 cm³/mol. The molecule has 0 saturated carbocycles. The van der Waals surface area contributed by atoms with Crippen molar-refractivity contribution in [1.29, 1.82) is 0 Å². The van der Waals surface area contributed by atoms with Gasteiger partial charge in [-0.25, -0.2) is 12.8 Å². The molecule has 1 fully saturated rings. The van der Waals surface area contributed by atoms with Crippen molar-refractivity contribution in [1.82, 2.24) is 14.7 Å². The SMILES string of the molecule is Cc1noc(C)c1-c1cnc2c3c(F)ccc(S(C)(=O)=O)c3n(C(c3ccccc3)C3CCOCC3)c2c1. The van der Waals surface area contributed by atoms with Crippen LogP contribution >= 0.6 is 0 Å². The Morgan fingerprint density at radius 1 is 1.08 bits per heavy atom. The third-order valence-corrected chi connectivity index (χ3v) is 8.68. The smallest absolute Gasteiger partial charge is 0.177 e. The molecule has 9 heteroatoms. The van der Waals surface area contributed by atoms with Crippen molar-refractivity contribution in [3.05, 3.63) is 77.6 Å². The van der Waals surface area contributed by atoms with Crippen molar-refractivity contribution in [3.63, 3.8) is 0 Å². The lowest BCUT2D eigenvalue weighted by atomic mass is 9.86. The van der Waals surface area contributed by atoms with Crippen LogP contribution in [0.5, 0.6) is 0 Å². The Hall–Kier alpha value is -3.56. The van der Waals surface area contributed by atoms with E-state index in [9.17, 15) is 8.42 Å². The Bertz CT molecular complexity index is 1750. The van der Waals surface area contributed by atoms with Gasteiger partial charge in [0.25, 0.3) is 0 Å². The predicted octanol–water partition coefficient (Wildman–Crippen LogP) is 6.02. The molecule has 1 aliphatic heterocycles. The van der Waals surface area contributed by atoms with E-state index in [4.69, 9.17) is 14.2 Å². The zero-order chi connectivity index (χ0) is 26.6. The highest BCUT2D eigenvalue weighted by molar-refractivity contribution is 7.91. The number of halogens is 1. The number of ether oxygens (including phenoxy) is 1. The minimum Gasteiger partial charge on any atom is -0.381 e. The number of nitrogens with zero attached hydrogens (tertiary/aromatic N) is 3. The van der Waals surface area contributed by atoms with E-state index in [2.05, 4.69) is 5.16 Å². The van der Waals surface area contributed by atoms with Gasteiger partial charge in [0.15, 0.2) is 9.84 Å². The number of hydrogen-bond acceptors (Lipinski definition) is 6. The molecule has 2 aromatic carbocycles. The van der Waals surface area contributed by atoms with Gasteiger partial charge in [-0.15, -0.1) is 0 Å². The Morgan fingerprint density at radius 2 is 1.82 bits per heavy atom. The first kappa shape index (κ1) is 24.8. The van der Waals surface area contributed by atoms with Gasteiger partial charge in [0.2, 0.25) is 0 Å². The Balaban J connectivity index is 1.78. The lowest BCUT2D eigenvalue weighted by Crippen LogP contribution is -2.27. The summed E-state index contributed by atoms with van der Waals surface area (Å²) in [7, 11) is -3.69. The van der Waals surface area contributed by atoms with Crippen molar-refractivity contribution in [2.24, 2.45) is 5.92 Å². The standard InChI is InChI=1S/C29H28FN3O4S/c1-17-25(18(2)37-32-17)21-15-23-27(31-16-21)26-22(30)9-10-24(38(3,34)35)29(26)33(23)28(19-7-5-4-6-8-19)20-11-13-36-14-12-20/h4-10,15-16,20,28H,11-14H2,1-3H3. The summed E-state index contributed by atoms with van der Waals surface area (Å²) < 4.78 is 54.8. The molecule has 0 bridgehead atoms. The number of benzene rings is 2. The van der Waals surface area contributed by atoms with Crippen molar-refractivity contribution >= 4 is 31.8 Å². The van der Waals surface area contributed by atoms with Crippen LogP contribution < -0.4 is 0 Å². The van der Waals surface area contributed by atoms with E-state index in [1.807, 2.05) is 54.8 Å². The highest BCUT2D eigenvalue weighted by atomic mass is 32.2. The molecule has 3 aromatic heterocycles. The van der Waals surface area contributed by atoms with E-state index in [0.717, 1.165) is 41.5 Å². The quantitative estimate of drug-likeness (QED) is 0.257. The molecule has 0 spiro atoms. The molecule has 5 aromatic rings. The first-order chi connectivity index (χ1) is 18.3. The number of aromatic nitrogens is 3. The Morgan fingerprint density at radius 3 is 2.47 bits per heavy atom. The molecule has 0 N–H and O–H groups in total. The van der Waals surface area contributed by atoms with Gasteiger partial charge in [0, 0.05) is 36.8 Å². The number of pyridine rings is 1. The first-order valence-corrected chi connectivity index (χ1v) is 14.5. The minimum atomic E-state index is -3.69. The zero-order valence-electron chi connectivity index (χ0n) is 21.4. The maximum atomic E-state index is 15.6. The maximum Gasteiger partial charge on any atom is 0.177 e. The van der Waals surface area contributed by atoms with Crippen molar-refractivity contribution in [3.8, 4) is 11.1 Å². The monoisotopic (exact) mass is 533 g/mol. The van der Waals surface area contributed by atoms with Crippen LogP contribution in [-0.4, -0.2) is 42.6 Å². The molecule has 1 unspecified atom stereocenters. The van der Waals surface area contributed by atoms with Crippen molar-refractivity contribution in [2.75, 3.05) is 19.5 Å². The van der Waals surface area contributed by atoms with E-state index in [-0.39, 0.29) is 22.2 Å². The summed E-state index contributed by atoms with van der Waals surface area (Å²) >= 11 is 0. The molecule has 0 amide bonds. The summed E-state index contributed by atoms with van der Waals surface area (Å²) in [4.78, 5) is 4.81. The normalized spacial score (nSPS) is 15.9. The van der Waals surface area contributed by atoms with Gasteiger partial charge < -0.3 is 13.8 Å². The van der Waals surface area contributed by atoms with E-state index >= 15 is 4.39 Å². The van der Waals surface area contributed by atoms with Crippen LogP contribution in [0, 0.1) is 25.6 Å². The Labute approximate surface area is 220 Å². The second-order valence-electron chi connectivity index (χ2n) is 10.0. The fraction of sp³-hybridized carbons (Fsp3) is 0.310. The van der Waals surface area contributed by atoms with Gasteiger partial charge in [-0.1, -0.05) is 35.5 Å². The van der Waals surface area contributed by atoms with Gasteiger partial charge in [0.1, 0.15) is 11.6 Å². The molecule has 196 valence electrons. The van der Waals surface area contributed by atoms with Crippen LogP contribution in [0.4, 0.5) is 4.39 Å². The van der Waals surface area contributed by atoms with E-state index in [1.54, 1.807) is 6.20 Å². The van der Waals surface area contributed by atoms with Gasteiger partial charge in [0.05, 0.1) is 38.6 Å². The molecule has 0 aliphatic carbocycles. The minimum absolute atomic E-state index is 0.0822. The van der Waals surface area contributed by atoms with Gasteiger partial charge in [-0.05, 0) is 56.4 Å². The summed E-state index contributed by atoms with van der Waals surface area (Å²) in [6.07, 6.45) is 4.43. The average molecular weight is 534 g/mol. The molecule has 1 saturated heterocycles. The average Bonchev–Trinajstić information content (AvgIpc) is 3.42. The first-order valence-electron chi connectivity index (χ1n) is 12.6. The molecule has 0 radical (unpaired) electrons.